The van der Waals surface area contributed by atoms with E-state index in [1.807, 2.05) is 31.3 Å². The van der Waals surface area contributed by atoms with Gasteiger partial charge in [0.05, 0.1) is 13.0 Å². The minimum absolute atomic E-state index is 0. The van der Waals surface area contributed by atoms with Crippen LogP contribution >= 0.6 is 12.4 Å². The van der Waals surface area contributed by atoms with Gasteiger partial charge in [0.25, 0.3) is 0 Å². The number of hydrogen-bond acceptors (Lipinski definition) is 4. The fourth-order valence-corrected chi connectivity index (χ4v) is 2.35. The molecule has 2 rings (SSSR count). The molecule has 22 heavy (non-hydrogen) atoms. The van der Waals surface area contributed by atoms with Gasteiger partial charge in [-0.3, -0.25) is 9.59 Å². The fourth-order valence-electron chi connectivity index (χ4n) is 2.35. The van der Waals surface area contributed by atoms with Crippen LogP contribution < -0.4 is 20.3 Å². The van der Waals surface area contributed by atoms with E-state index < -0.39 is 0 Å². The molecule has 2 amide bonds. The van der Waals surface area contributed by atoms with Crippen LogP contribution in [-0.4, -0.2) is 45.6 Å². The van der Waals surface area contributed by atoms with Gasteiger partial charge >= 0.3 is 0 Å². The number of benzene rings is 1. The number of hydrogen-bond donors (Lipinski definition) is 2. The van der Waals surface area contributed by atoms with Crippen molar-refractivity contribution in [3.8, 4) is 5.75 Å². The number of halogens is 1. The van der Waals surface area contributed by atoms with Gasteiger partial charge in [-0.15, -0.1) is 12.4 Å². The van der Waals surface area contributed by atoms with Crippen LogP contribution in [0.5, 0.6) is 5.75 Å². The molecule has 0 aromatic heterocycles. The standard InChI is InChI=1S/C15H21N3O3.ClH/c1-16-7-8-17-15(20)11-9-14(19)18(10-11)12-3-5-13(21-2)6-4-12;/h3-6,11,16H,7-10H2,1-2H3,(H,17,20);1H. The molecule has 0 bridgehead atoms. The number of nitrogens with one attached hydrogen (secondary N) is 2. The van der Waals surface area contributed by atoms with E-state index in [4.69, 9.17) is 4.74 Å². The summed E-state index contributed by atoms with van der Waals surface area (Å²) in [5, 5.41) is 5.80. The molecule has 122 valence electrons. The number of likely N-dealkylation sites (N-methyl/N-ethyl adjacent to an activating group) is 1. The third-order valence-electron chi connectivity index (χ3n) is 3.55. The van der Waals surface area contributed by atoms with E-state index in [0.29, 0.717) is 19.6 Å². The molecule has 0 aliphatic carbocycles. The molecule has 1 atom stereocenters. The van der Waals surface area contributed by atoms with E-state index in [1.165, 1.54) is 0 Å². The number of rotatable bonds is 6. The van der Waals surface area contributed by atoms with Crippen LogP contribution in [0.25, 0.3) is 0 Å². The number of nitrogens with zero attached hydrogens (tertiary/aromatic N) is 1. The summed E-state index contributed by atoms with van der Waals surface area (Å²) >= 11 is 0. The number of methoxy groups -OCH3 is 1. The lowest BCUT2D eigenvalue weighted by molar-refractivity contribution is -0.126. The van der Waals surface area contributed by atoms with Crippen molar-refractivity contribution in [2.45, 2.75) is 6.42 Å². The van der Waals surface area contributed by atoms with Crippen LogP contribution in [0.2, 0.25) is 0 Å². The van der Waals surface area contributed by atoms with Crippen LogP contribution in [0, 0.1) is 5.92 Å². The van der Waals surface area contributed by atoms with Gasteiger partial charge in [-0.2, -0.15) is 0 Å². The minimum Gasteiger partial charge on any atom is -0.497 e. The van der Waals surface area contributed by atoms with Gasteiger partial charge in [0, 0.05) is 31.7 Å². The molecule has 1 unspecified atom stereocenters. The van der Waals surface area contributed by atoms with Crippen molar-refractivity contribution in [3.63, 3.8) is 0 Å². The number of amides is 2. The Hall–Kier alpha value is -1.79. The first kappa shape index (κ1) is 18.3. The Balaban J connectivity index is 0.00000242. The Bertz CT molecular complexity index is 507. The SMILES string of the molecule is CNCCNC(=O)C1CC(=O)N(c2ccc(OC)cc2)C1.Cl. The summed E-state index contributed by atoms with van der Waals surface area (Å²) in [6, 6.07) is 7.28. The Morgan fingerprint density at radius 3 is 2.59 bits per heavy atom. The second-order valence-electron chi connectivity index (χ2n) is 5.00. The average molecular weight is 328 g/mol. The van der Waals surface area contributed by atoms with Gasteiger partial charge in [-0.25, -0.2) is 0 Å². The molecule has 1 heterocycles. The maximum absolute atomic E-state index is 12.1. The van der Waals surface area contributed by atoms with Crippen LogP contribution in [0.1, 0.15) is 6.42 Å². The predicted octanol–water partition coefficient (Wildman–Crippen LogP) is 0.806. The second-order valence-corrected chi connectivity index (χ2v) is 5.00. The Morgan fingerprint density at radius 2 is 2.00 bits per heavy atom. The molecule has 1 aliphatic heterocycles. The normalized spacial score (nSPS) is 17.1. The van der Waals surface area contributed by atoms with Gasteiger partial charge in [0.2, 0.25) is 11.8 Å². The van der Waals surface area contributed by atoms with Crippen LogP contribution in [0.3, 0.4) is 0 Å². The number of anilines is 1. The number of ether oxygens (including phenoxy) is 1. The van der Waals surface area contributed by atoms with Gasteiger partial charge in [0.15, 0.2) is 0 Å². The highest BCUT2D eigenvalue weighted by molar-refractivity contribution is 6.00. The van der Waals surface area contributed by atoms with Crippen LogP contribution in [0.4, 0.5) is 5.69 Å². The molecule has 1 fully saturated rings. The Morgan fingerprint density at radius 1 is 1.32 bits per heavy atom. The fraction of sp³-hybridized carbons (Fsp3) is 0.467. The highest BCUT2D eigenvalue weighted by atomic mass is 35.5. The van der Waals surface area contributed by atoms with Gasteiger partial charge in [0.1, 0.15) is 5.75 Å². The summed E-state index contributed by atoms with van der Waals surface area (Å²) in [4.78, 5) is 25.7. The predicted molar refractivity (Wildman–Crippen MR) is 87.6 cm³/mol. The maximum Gasteiger partial charge on any atom is 0.227 e. The molecule has 7 heteroatoms. The molecular weight excluding hydrogens is 306 g/mol. The summed E-state index contributed by atoms with van der Waals surface area (Å²) in [6.07, 6.45) is 0.261. The summed E-state index contributed by atoms with van der Waals surface area (Å²) in [7, 11) is 3.43. The van der Waals surface area contributed by atoms with Crippen molar-refractivity contribution in [3.05, 3.63) is 24.3 Å². The van der Waals surface area contributed by atoms with E-state index >= 15 is 0 Å². The van der Waals surface area contributed by atoms with E-state index in [1.54, 1.807) is 12.0 Å². The molecular formula is C15H22ClN3O3. The van der Waals surface area contributed by atoms with Crippen molar-refractivity contribution >= 4 is 29.9 Å². The molecule has 0 saturated carbocycles. The molecule has 2 N–H and O–H groups in total. The summed E-state index contributed by atoms with van der Waals surface area (Å²) in [5.74, 6) is 0.381. The van der Waals surface area contributed by atoms with E-state index in [0.717, 1.165) is 11.4 Å². The third kappa shape index (κ3) is 4.35. The van der Waals surface area contributed by atoms with Gasteiger partial charge < -0.3 is 20.3 Å². The lowest BCUT2D eigenvalue weighted by Crippen LogP contribution is -2.36. The highest BCUT2D eigenvalue weighted by Gasteiger charge is 2.34. The van der Waals surface area contributed by atoms with E-state index in [-0.39, 0.29) is 36.6 Å². The molecule has 1 aromatic carbocycles. The minimum atomic E-state index is -0.281. The van der Waals surface area contributed by atoms with E-state index in [2.05, 4.69) is 10.6 Å². The van der Waals surface area contributed by atoms with Crippen molar-refractivity contribution < 1.29 is 14.3 Å². The summed E-state index contributed by atoms with van der Waals surface area (Å²) in [6.45, 7) is 1.72. The lowest BCUT2D eigenvalue weighted by Gasteiger charge is -2.17. The molecule has 6 nitrogen and oxygen atoms in total. The monoisotopic (exact) mass is 327 g/mol. The summed E-state index contributed by atoms with van der Waals surface area (Å²) < 4.78 is 5.10. The van der Waals surface area contributed by atoms with Gasteiger partial charge in [-0.1, -0.05) is 0 Å². The van der Waals surface area contributed by atoms with Crippen LogP contribution in [0.15, 0.2) is 24.3 Å². The largest absolute Gasteiger partial charge is 0.497 e. The molecule has 1 aliphatic rings. The number of carbonyl (C=O) groups is 2. The van der Waals surface area contributed by atoms with E-state index in [9.17, 15) is 9.59 Å². The second kappa shape index (κ2) is 8.60. The Labute approximate surface area is 136 Å². The van der Waals surface area contributed by atoms with Crippen molar-refractivity contribution in [1.82, 2.24) is 10.6 Å². The first-order valence-corrected chi connectivity index (χ1v) is 7.02. The van der Waals surface area contributed by atoms with Gasteiger partial charge in [-0.05, 0) is 31.3 Å². The molecule has 1 aromatic rings. The maximum atomic E-state index is 12.1. The molecule has 0 spiro atoms. The zero-order valence-electron chi connectivity index (χ0n) is 12.8. The third-order valence-corrected chi connectivity index (χ3v) is 3.55. The molecule has 0 radical (unpaired) electrons. The quantitative estimate of drug-likeness (QED) is 0.758. The van der Waals surface area contributed by atoms with Crippen LogP contribution in [-0.2, 0) is 9.59 Å². The van der Waals surface area contributed by atoms with Crippen molar-refractivity contribution in [2.75, 3.05) is 38.7 Å². The van der Waals surface area contributed by atoms with Crippen molar-refractivity contribution in [1.29, 1.82) is 0 Å². The topological polar surface area (TPSA) is 70.7 Å². The first-order valence-electron chi connectivity index (χ1n) is 7.02. The zero-order valence-corrected chi connectivity index (χ0v) is 13.6. The smallest absolute Gasteiger partial charge is 0.227 e. The Kier molecular flexibility index (Phi) is 7.14. The summed E-state index contributed by atoms with van der Waals surface area (Å²) in [5.41, 5.74) is 0.798. The van der Waals surface area contributed by atoms with Crippen molar-refractivity contribution in [2.24, 2.45) is 5.92 Å². The molecule has 1 saturated heterocycles. The first-order chi connectivity index (χ1) is 10.2. The highest BCUT2D eigenvalue weighted by Crippen LogP contribution is 2.26. The number of carbonyl (C=O) groups excluding carboxylic acids is 2. The lowest BCUT2D eigenvalue weighted by atomic mass is 10.1. The average Bonchev–Trinajstić information content (AvgIpc) is 2.89. The zero-order chi connectivity index (χ0) is 15.2.